The quantitative estimate of drug-likeness (QED) is 0.773. The smallest absolute Gasteiger partial charge is 0.337 e. The van der Waals surface area contributed by atoms with Crippen LogP contribution >= 0.6 is 0 Å². The van der Waals surface area contributed by atoms with Gasteiger partial charge in [-0.2, -0.15) is 0 Å². The van der Waals surface area contributed by atoms with Gasteiger partial charge in [0, 0.05) is 6.20 Å². The number of aryl methyl sites for hydroxylation is 1. The summed E-state index contributed by atoms with van der Waals surface area (Å²) in [5.74, 6) is -0.298. The van der Waals surface area contributed by atoms with Crippen LogP contribution in [0.3, 0.4) is 0 Å². The van der Waals surface area contributed by atoms with E-state index >= 15 is 0 Å². The Kier molecular flexibility index (Phi) is 2.50. The molecule has 0 radical (unpaired) electrons. The molecule has 0 fully saturated rings. The lowest BCUT2D eigenvalue weighted by atomic mass is 10.2. The van der Waals surface area contributed by atoms with Crippen LogP contribution in [0.5, 0.6) is 0 Å². The van der Waals surface area contributed by atoms with Crippen molar-refractivity contribution >= 4 is 5.97 Å². The Morgan fingerprint density at radius 1 is 1.19 bits per heavy atom. The summed E-state index contributed by atoms with van der Waals surface area (Å²) < 4.78 is 0. The van der Waals surface area contributed by atoms with Crippen LogP contribution in [0.2, 0.25) is 0 Å². The molecule has 80 valence electrons. The molecule has 2 heterocycles. The molecule has 0 amide bonds. The average Bonchev–Trinajstić information content (AvgIpc) is 2.30. The molecule has 16 heavy (non-hydrogen) atoms. The van der Waals surface area contributed by atoms with Crippen molar-refractivity contribution in [3.05, 3.63) is 29.7 Å². The van der Waals surface area contributed by atoms with E-state index in [0.29, 0.717) is 11.5 Å². The Morgan fingerprint density at radius 2 is 1.88 bits per heavy atom. The van der Waals surface area contributed by atoms with E-state index < -0.39 is 5.97 Å². The van der Waals surface area contributed by atoms with E-state index in [0.717, 1.165) is 0 Å². The maximum absolute atomic E-state index is 10.6. The summed E-state index contributed by atoms with van der Waals surface area (Å²) >= 11 is 0. The van der Waals surface area contributed by atoms with Gasteiger partial charge in [0.05, 0.1) is 5.56 Å². The summed E-state index contributed by atoms with van der Waals surface area (Å²) in [7, 11) is 0. The molecule has 1 N–H and O–H groups in total. The van der Waals surface area contributed by atoms with Crippen LogP contribution in [0.1, 0.15) is 16.2 Å². The molecular weight excluding hydrogens is 210 g/mol. The van der Waals surface area contributed by atoms with Crippen LogP contribution in [0.4, 0.5) is 0 Å². The summed E-state index contributed by atoms with van der Waals surface area (Å²) in [6, 6.07) is 2.94. The summed E-state index contributed by atoms with van der Waals surface area (Å²) in [5, 5.41) is 23.7. The van der Waals surface area contributed by atoms with Gasteiger partial charge in [-0.25, -0.2) is 4.79 Å². The normalized spacial score (nSPS) is 10.1. The maximum atomic E-state index is 10.6. The number of aromatic nitrogens is 5. The second-order valence-electron chi connectivity index (χ2n) is 3.01. The van der Waals surface area contributed by atoms with E-state index in [1.54, 1.807) is 6.92 Å². The fraction of sp³-hybridized carbons (Fsp3) is 0.111. The number of rotatable bonds is 2. The molecule has 0 aliphatic carbocycles. The van der Waals surface area contributed by atoms with Crippen LogP contribution < -0.4 is 0 Å². The third kappa shape index (κ3) is 1.97. The molecule has 0 aliphatic rings. The zero-order chi connectivity index (χ0) is 11.5. The monoisotopic (exact) mass is 217 g/mol. The molecule has 0 saturated carbocycles. The second kappa shape index (κ2) is 3.97. The van der Waals surface area contributed by atoms with Crippen molar-refractivity contribution < 1.29 is 9.90 Å². The van der Waals surface area contributed by atoms with Crippen LogP contribution in [0.15, 0.2) is 18.3 Å². The van der Waals surface area contributed by atoms with Crippen molar-refractivity contribution in [1.82, 2.24) is 25.4 Å². The highest BCUT2D eigenvalue weighted by Crippen LogP contribution is 2.09. The van der Waals surface area contributed by atoms with Gasteiger partial charge in [-0.15, -0.1) is 20.4 Å². The summed E-state index contributed by atoms with van der Waals surface area (Å²) in [6.07, 6.45) is 1.24. The third-order valence-corrected chi connectivity index (χ3v) is 1.82. The van der Waals surface area contributed by atoms with Crippen LogP contribution in [0, 0.1) is 6.92 Å². The fourth-order valence-corrected chi connectivity index (χ4v) is 1.03. The van der Waals surface area contributed by atoms with Crippen molar-refractivity contribution in [1.29, 1.82) is 0 Å². The van der Waals surface area contributed by atoms with Crippen molar-refractivity contribution in [3.63, 3.8) is 0 Å². The first-order valence-electron chi connectivity index (χ1n) is 4.40. The second-order valence-corrected chi connectivity index (χ2v) is 3.01. The Bertz CT molecular complexity index is 508. The average molecular weight is 217 g/mol. The summed E-state index contributed by atoms with van der Waals surface area (Å²) in [6.45, 7) is 1.67. The highest BCUT2D eigenvalue weighted by atomic mass is 16.4. The van der Waals surface area contributed by atoms with Crippen LogP contribution in [0.25, 0.3) is 11.5 Å². The number of carboxylic acids is 1. The van der Waals surface area contributed by atoms with Crippen molar-refractivity contribution in [3.8, 4) is 11.5 Å². The first-order valence-corrected chi connectivity index (χ1v) is 4.40. The predicted molar refractivity (Wildman–Crippen MR) is 52.5 cm³/mol. The number of hydrogen-bond acceptors (Lipinski definition) is 6. The molecule has 0 aromatic carbocycles. The minimum absolute atomic E-state index is 0.108. The Hall–Kier alpha value is -2.44. The molecule has 0 aliphatic heterocycles. The fourth-order valence-electron chi connectivity index (χ4n) is 1.03. The molecule has 0 bridgehead atoms. The van der Waals surface area contributed by atoms with Gasteiger partial charge in [0.2, 0.25) is 5.82 Å². The van der Waals surface area contributed by atoms with Gasteiger partial charge in [-0.05, 0) is 19.1 Å². The Morgan fingerprint density at radius 3 is 2.38 bits per heavy atom. The van der Waals surface area contributed by atoms with Gasteiger partial charge in [-0.3, -0.25) is 4.98 Å². The van der Waals surface area contributed by atoms with Gasteiger partial charge in [0.25, 0.3) is 0 Å². The zero-order valence-electron chi connectivity index (χ0n) is 8.32. The number of aromatic carboxylic acids is 1. The lowest BCUT2D eigenvalue weighted by Gasteiger charge is -1.98. The van der Waals surface area contributed by atoms with Crippen molar-refractivity contribution in [2.75, 3.05) is 0 Å². The molecule has 2 aromatic rings. The highest BCUT2D eigenvalue weighted by Gasteiger charge is 2.07. The SMILES string of the molecule is Cc1nnc(-c2ccc(C(=O)O)cn2)nn1. The standard InChI is InChI=1S/C9H7N5O2/c1-5-11-13-8(14-12-5)7-3-2-6(4-10-7)9(15)16/h2-4H,1H3,(H,15,16). The van der Waals surface area contributed by atoms with Gasteiger partial charge in [-0.1, -0.05) is 0 Å². The molecule has 7 heteroatoms. The van der Waals surface area contributed by atoms with E-state index in [9.17, 15) is 4.79 Å². The lowest BCUT2D eigenvalue weighted by molar-refractivity contribution is 0.0696. The molecule has 0 spiro atoms. The van der Waals surface area contributed by atoms with Crippen molar-refractivity contribution in [2.24, 2.45) is 0 Å². The largest absolute Gasteiger partial charge is 0.478 e. The van der Waals surface area contributed by atoms with E-state index in [-0.39, 0.29) is 11.4 Å². The van der Waals surface area contributed by atoms with Gasteiger partial charge < -0.3 is 5.11 Å². The van der Waals surface area contributed by atoms with Gasteiger partial charge in [0.1, 0.15) is 5.69 Å². The summed E-state index contributed by atoms with van der Waals surface area (Å²) in [4.78, 5) is 14.5. The first-order chi connectivity index (χ1) is 7.66. The van der Waals surface area contributed by atoms with E-state index in [1.165, 1.54) is 18.3 Å². The molecule has 0 atom stereocenters. The first kappa shape index (κ1) is 10.1. The van der Waals surface area contributed by atoms with Gasteiger partial charge in [0.15, 0.2) is 5.82 Å². The van der Waals surface area contributed by atoms with Crippen molar-refractivity contribution in [2.45, 2.75) is 6.92 Å². The van der Waals surface area contributed by atoms with E-state index in [4.69, 9.17) is 5.11 Å². The number of carbonyl (C=O) groups is 1. The number of nitrogens with zero attached hydrogens (tertiary/aromatic N) is 5. The molecular formula is C9H7N5O2. The number of hydrogen-bond donors (Lipinski definition) is 1. The minimum Gasteiger partial charge on any atom is -0.478 e. The third-order valence-electron chi connectivity index (χ3n) is 1.82. The maximum Gasteiger partial charge on any atom is 0.337 e. The minimum atomic E-state index is -1.03. The lowest BCUT2D eigenvalue weighted by Crippen LogP contribution is -2.01. The highest BCUT2D eigenvalue weighted by molar-refractivity contribution is 5.87. The number of carboxylic acid groups (broad SMARTS) is 1. The zero-order valence-corrected chi connectivity index (χ0v) is 8.32. The predicted octanol–water partition coefficient (Wildman–Crippen LogP) is 0.335. The molecule has 7 nitrogen and oxygen atoms in total. The molecule has 2 rings (SSSR count). The number of pyridine rings is 1. The van der Waals surface area contributed by atoms with Crippen LogP contribution in [-0.4, -0.2) is 36.5 Å². The van der Waals surface area contributed by atoms with E-state index in [1.807, 2.05) is 0 Å². The Labute approximate surface area is 90.2 Å². The summed E-state index contributed by atoms with van der Waals surface area (Å²) in [5.41, 5.74) is 0.543. The Balaban J connectivity index is 2.34. The van der Waals surface area contributed by atoms with Gasteiger partial charge >= 0.3 is 5.97 Å². The topological polar surface area (TPSA) is 102 Å². The molecule has 0 unspecified atom stereocenters. The van der Waals surface area contributed by atoms with Crippen LogP contribution in [-0.2, 0) is 0 Å². The molecule has 2 aromatic heterocycles. The van der Waals surface area contributed by atoms with E-state index in [2.05, 4.69) is 25.4 Å². The molecule has 0 saturated heterocycles.